The van der Waals surface area contributed by atoms with E-state index in [4.69, 9.17) is 11.6 Å². The second-order valence-electron chi connectivity index (χ2n) is 8.32. The summed E-state index contributed by atoms with van der Waals surface area (Å²) in [4.78, 5) is 15.5. The molecular weight excluding hydrogens is 482 g/mol. The van der Waals surface area contributed by atoms with Crippen molar-refractivity contribution in [3.8, 4) is 0 Å². The molecule has 35 heavy (non-hydrogen) atoms. The first-order valence-electron chi connectivity index (χ1n) is 11.5. The molecule has 0 aliphatic carbocycles. The van der Waals surface area contributed by atoms with Gasteiger partial charge in [0.25, 0.3) is 0 Å². The quantitative estimate of drug-likeness (QED) is 0.320. The average Bonchev–Trinajstić information content (AvgIpc) is 3.21. The minimum atomic E-state index is -3.80. The van der Waals surface area contributed by atoms with Gasteiger partial charge in [0.2, 0.25) is 15.7 Å². The van der Waals surface area contributed by atoms with E-state index in [0.717, 1.165) is 30.0 Å². The zero-order valence-corrected chi connectivity index (χ0v) is 21.5. The van der Waals surface area contributed by atoms with Crippen LogP contribution in [0.15, 0.2) is 82.7 Å². The van der Waals surface area contributed by atoms with Crippen LogP contribution in [-0.2, 0) is 21.2 Å². The number of rotatable bonds is 8. The van der Waals surface area contributed by atoms with Gasteiger partial charge < -0.3 is 14.8 Å². The van der Waals surface area contributed by atoms with E-state index >= 15 is 0 Å². The summed E-state index contributed by atoms with van der Waals surface area (Å²) < 4.78 is 28.4. The number of hydrogen-bond donors (Lipinski definition) is 1. The third kappa shape index (κ3) is 5.06. The lowest BCUT2D eigenvalue weighted by Gasteiger charge is -2.22. The van der Waals surface area contributed by atoms with Gasteiger partial charge >= 0.3 is 0 Å². The Kier molecular flexibility index (Phi) is 7.19. The number of aromatic nitrogens is 1. The van der Waals surface area contributed by atoms with Crippen LogP contribution in [-0.4, -0.2) is 32.0 Å². The van der Waals surface area contributed by atoms with E-state index < -0.39 is 9.84 Å². The monoisotopic (exact) mass is 509 g/mol. The molecule has 3 aromatic carbocycles. The summed E-state index contributed by atoms with van der Waals surface area (Å²) in [7, 11) is -3.80. The van der Waals surface area contributed by atoms with Crippen molar-refractivity contribution in [1.29, 1.82) is 0 Å². The van der Waals surface area contributed by atoms with Crippen molar-refractivity contribution in [3.63, 3.8) is 0 Å². The molecule has 4 aromatic rings. The molecule has 182 valence electrons. The first-order valence-corrected chi connectivity index (χ1v) is 13.3. The summed E-state index contributed by atoms with van der Waals surface area (Å²) in [5.41, 5.74) is 3.48. The molecule has 0 saturated carbocycles. The maximum absolute atomic E-state index is 13.4. The standard InChI is InChI=1S/C27H28ClN3O3S/c1-4-30(5-2)21-12-15-24(19(3)16-21)29-27(32)18-31-17-26(23-8-6-7-9-25(23)31)35(33,34)22-13-10-20(28)11-14-22/h6-17H,4-5,18H2,1-3H3,(H,29,32). The summed E-state index contributed by atoms with van der Waals surface area (Å²) in [6.45, 7) is 7.97. The number of amides is 1. The van der Waals surface area contributed by atoms with Gasteiger partial charge in [0.1, 0.15) is 6.54 Å². The van der Waals surface area contributed by atoms with Crippen molar-refractivity contribution in [1.82, 2.24) is 4.57 Å². The summed E-state index contributed by atoms with van der Waals surface area (Å²) in [6.07, 6.45) is 1.53. The smallest absolute Gasteiger partial charge is 0.244 e. The first kappa shape index (κ1) is 24.8. The van der Waals surface area contributed by atoms with Gasteiger partial charge in [0.05, 0.1) is 9.79 Å². The van der Waals surface area contributed by atoms with Crippen LogP contribution in [0.2, 0.25) is 5.02 Å². The molecule has 6 nitrogen and oxygen atoms in total. The Hall–Kier alpha value is -3.29. The lowest BCUT2D eigenvalue weighted by Crippen LogP contribution is -2.22. The lowest BCUT2D eigenvalue weighted by atomic mass is 10.1. The van der Waals surface area contributed by atoms with E-state index in [1.165, 1.54) is 18.3 Å². The third-order valence-corrected chi connectivity index (χ3v) is 8.14. The molecular formula is C27H28ClN3O3S. The van der Waals surface area contributed by atoms with E-state index in [9.17, 15) is 13.2 Å². The zero-order valence-electron chi connectivity index (χ0n) is 20.0. The molecule has 0 bridgehead atoms. The molecule has 1 heterocycles. The van der Waals surface area contributed by atoms with E-state index in [1.807, 2.05) is 31.2 Å². The minimum Gasteiger partial charge on any atom is -0.372 e. The largest absolute Gasteiger partial charge is 0.372 e. The van der Waals surface area contributed by atoms with Crippen LogP contribution in [0.4, 0.5) is 11.4 Å². The lowest BCUT2D eigenvalue weighted by molar-refractivity contribution is -0.116. The van der Waals surface area contributed by atoms with Crippen LogP contribution in [0.5, 0.6) is 0 Å². The van der Waals surface area contributed by atoms with E-state index in [1.54, 1.807) is 28.8 Å². The van der Waals surface area contributed by atoms with E-state index in [-0.39, 0.29) is 22.2 Å². The molecule has 0 unspecified atom stereocenters. The number of nitrogens with one attached hydrogen (secondary N) is 1. The van der Waals surface area contributed by atoms with E-state index in [2.05, 4.69) is 30.1 Å². The van der Waals surface area contributed by atoms with Crippen LogP contribution in [0.3, 0.4) is 0 Å². The van der Waals surface area contributed by atoms with Gasteiger partial charge in [0.15, 0.2) is 0 Å². The van der Waals surface area contributed by atoms with Gasteiger partial charge in [-0.2, -0.15) is 0 Å². The number of hydrogen-bond acceptors (Lipinski definition) is 4. The number of halogens is 1. The first-order chi connectivity index (χ1) is 16.7. The highest BCUT2D eigenvalue weighted by Gasteiger charge is 2.24. The third-order valence-electron chi connectivity index (χ3n) is 6.09. The Morgan fingerprint density at radius 2 is 1.69 bits per heavy atom. The van der Waals surface area contributed by atoms with Crippen molar-refractivity contribution in [2.45, 2.75) is 37.1 Å². The number of aryl methyl sites for hydroxylation is 1. The summed E-state index contributed by atoms with van der Waals surface area (Å²) in [6, 6.07) is 19.2. The highest BCUT2D eigenvalue weighted by Crippen LogP contribution is 2.31. The summed E-state index contributed by atoms with van der Waals surface area (Å²) in [5.74, 6) is -0.236. The molecule has 4 rings (SSSR count). The van der Waals surface area contributed by atoms with Crippen LogP contribution in [0.25, 0.3) is 10.9 Å². The highest BCUT2D eigenvalue weighted by atomic mass is 35.5. The van der Waals surface area contributed by atoms with Crippen LogP contribution in [0, 0.1) is 6.92 Å². The number of sulfone groups is 1. The Bertz CT molecular complexity index is 1470. The topological polar surface area (TPSA) is 71.4 Å². The molecule has 8 heteroatoms. The molecule has 0 atom stereocenters. The van der Waals surface area contributed by atoms with Gasteiger partial charge in [-0.1, -0.05) is 29.8 Å². The second kappa shape index (κ2) is 10.1. The number of nitrogens with zero attached hydrogens (tertiary/aromatic N) is 2. The van der Waals surface area contributed by atoms with Crippen molar-refractivity contribution in [2.75, 3.05) is 23.3 Å². The predicted molar refractivity (Wildman–Crippen MR) is 142 cm³/mol. The molecule has 1 amide bonds. The molecule has 1 N–H and O–H groups in total. The van der Waals surface area contributed by atoms with Gasteiger partial charge in [-0.25, -0.2) is 8.42 Å². The molecule has 0 aliphatic heterocycles. The van der Waals surface area contributed by atoms with Crippen molar-refractivity contribution in [2.24, 2.45) is 0 Å². The number of benzene rings is 3. The van der Waals surface area contributed by atoms with Crippen molar-refractivity contribution >= 4 is 49.6 Å². The SMILES string of the molecule is CCN(CC)c1ccc(NC(=O)Cn2cc(S(=O)(=O)c3ccc(Cl)cc3)c3ccccc32)c(C)c1. The van der Waals surface area contributed by atoms with Crippen molar-refractivity contribution < 1.29 is 13.2 Å². The van der Waals surface area contributed by atoms with Crippen molar-refractivity contribution in [3.05, 3.63) is 83.5 Å². The number of anilines is 2. The van der Waals surface area contributed by atoms with Gasteiger partial charge in [-0.3, -0.25) is 4.79 Å². The normalized spacial score (nSPS) is 11.5. The molecule has 0 aliphatic rings. The fourth-order valence-electron chi connectivity index (χ4n) is 4.22. The maximum atomic E-state index is 13.4. The minimum absolute atomic E-state index is 0.0200. The molecule has 1 aromatic heterocycles. The fourth-order valence-corrected chi connectivity index (χ4v) is 5.82. The molecule has 0 saturated heterocycles. The Morgan fingerprint density at radius 1 is 1.00 bits per heavy atom. The number of para-hydroxylation sites is 1. The average molecular weight is 510 g/mol. The van der Waals surface area contributed by atoms with Gasteiger partial charge in [-0.05, 0) is 74.9 Å². The fraction of sp³-hybridized carbons (Fsp3) is 0.222. The Labute approximate surface area is 211 Å². The number of carbonyl (C=O) groups is 1. The van der Waals surface area contributed by atoms with Crippen LogP contribution < -0.4 is 10.2 Å². The highest BCUT2D eigenvalue weighted by molar-refractivity contribution is 7.91. The molecule has 0 radical (unpaired) electrons. The predicted octanol–water partition coefficient (Wildman–Crippen LogP) is 5.92. The zero-order chi connectivity index (χ0) is 25.2. The Morgan fingerprint density at radius 3 is 2.34 bits per heavy atom. The molecule has 0 fully saturated rings. The van der Waals surface area contributed by atoms with Crippen LogP contribution >= 0.6 is 11.6 Å². The molecule has 0 spiro atoms. The summed E-state index contributed by atoms with van der Waals surface area (Å²) >= 11 is 5.93. The maximum Gasteiger partial charge on any atom is 0.244 e. The number of fused-ring (bicyclic) bond motifs is 1. The van der Waals surface area contributed by atoms with Gasteiger partial charge in [0, 0.05) is 46.6 Å². The van der Waals surface area contributed by atoms with Gasteiger partial charge in [-0.15, -0.1) is 0 Å². The summed E-state index contributed by atoms with van der Waals surface area (Å²) in [5, 5.41) is 4.00. The number of carbonyl (C=O) groups excluding carboxylic acids is 1. The second-order valence-corrected chi connectivity index (χ2v) is 10.7. The van der Waals surface area contributed by atoms with E-state index in [0.29, 0.717) is 15.9 Å². The van der Waals surface area contributed by atoms with Crippen LogP contribution in [0.1, 0.15) is 19.4 Å². The Balaban J connectivity index is 1.62.